The zero-order valence-electron chi connectivity index (χ0n) is 16.1. The van der Waals surface area contributed by atoms with E-state index >= 15 is 0 Å². The number of carbonyl (C=O) groups is 1. The highest BCUT2D eigenvalue weighted by Gasteiger charge is 2.20. The maximum atomic E-state index is 11.5. The molecule has 1 saturated heterocycles. The molecule has 0 amide bonds. The number of hydroxylamine groups is 2. The van der Waals surface area contributed by atoms with Crippen LogP contribution >= 0.6 is 0 Å². The molecule has 2 N–H and O–H groups in total. The molecule has 28 heavy (non-hydrogen) atoms. The number of nitrogens with zero attached hydrogens (tertiary/aromatic N) is 4. The molecule has 0 aliphatic carbocycles. The van der Waals surface area contributed by atoms with Gasteiger partial charge < -0.3 is 14.3 Å². The fraction of sp³-hybridized carbons (Fsp3) is 0.929. The monoisotopic (exact) mass is 408 g/mol. The van der Waals surface area contributed by atoms with Crippen molar-refractivity contribution in [1.29, 1.82) is 0 Å². The minimum absolute atomic E-state index is 0.0548. The van der Waals surface area contributed by atoms with Crippen LogP contribution in [0.3, 0.4) is 0 Å². The number of rotatable bonds is 17. The summed E-state index contributed by atoms with van der Waals surface area (Å²) >= 11 is 0. The molecule has 0 aromatic heterocycles. The SMILES string of the molecule is CC(C)[C@@H](NOCCOCCOCCN=[N+]=[N-])ONCC(=O)ON1OCCO1. The second-order valence-electron chi connectivity index (χ2n) is 5.60. The van der Waals surface area contributed by atoms with Crippen LogP contribution in [0.5, 0.6) is 0 Å². The second kappa shape index (κ2) is 16.4. The molecule has 14 heteroatoms. The van der Waals surface area contributed by atoms with Crippen LogP contribution in [0.15, 0.2) is 5.11 Å². The van der Waals surface area contributed by atoms with Gasteiger partial charge in [-0.3, -0.25) is 9.68 Å². The van der Waals surface area contributed by atoms with Crippen LogP contribution in [0, 0.1) is 5.92 Å². The quantitative estimate of drug-likeness (QED) is 0.0832. The number of hydrogen-bond donors (Lipinski definition) is 2. The van der Waals surface area contributed by atoms with Crippen LogP contribution in [0.25, 0.3) is 10.4 Å². The van der Waals surface area contributed by atoms with E-state index in [4.69, 9.17) is 39.2 Å². The Balaban J connectivity index is 1.98. The molecular formula is C14H28N6O8. The van der Waals surface area contributed by atoms with Crippen molar-refractivity contribution in [3.63, 3.8) is 0 Å². The normalized spacial score (nSPS) is 15.5. The maximum Gasteiger partial charge on any atom is 0.346 e. The highest BCUT2D eigenvalue weighted by atomic mass is 17.2. The first-order chi connectivity index (χ1) is 13.6. The molecule has 0 radical (unpaired) electrons. The van der Waals surface area contributed by atoms with E-state index in [0.717, 1.165) is 0 Å². The summed E-state index contributed by atoms with van der Waals surface area (Å²) in [6.45, 7) is 6.36. The van der Waals surface area contributed by atoms with Crippen LogP contribution < -0.4 is 11.0 Å². The number of nitrogens with one attached hydrogen (secondary N) is 2. The molecule has 1 aliphatic heterocycles. The van der Waals surface area contributed by atoms with Crippen molar-refractivity contribution < 1.29 is 38.5 Å². The van der Waals surface area contributed by atoms with Gasteiger partial charge >= 0.3 is 5.97 Å². The van der Waals surface area contributed by atoms with Gasteiger partial charge in [-0.15, -0.1) is 0 Å². The first-order valence-electron chi connectivity index (χ1n) is 8.82. The average molecular weight is 408 g/mol. The van der Waals surface area contributed by atoms with E-state index in [9.17, 15) is 4.79 Å². The van der Waals surface area contributed by atoms with Crippen LogP contribution in [0.4, 0.5) is 0 Å². The van der Waals surface area contributed by atoms with Gasteiger partial charge in [-0.2, -0.15) is 11.0 Å². The Morgan fingerprint density at radius 2 is 1.86 bits per heavy atom. The van der Waals surface area contributed by atoms with Crippen molar-refractivity contribution in [1.82, 2.24) is 16.4 Å². The summed E-state index contributed by atoms with van der Waals surface area (Å²) < 4.78 is 10.5. The van der Waals surface area contributed by atoms with Gasteiger partial charge in [-0.05, 0) is 11.4 Å². The number of ether oxygens (including phenoxy) is 2. The first-order valence-corrected chi connectivity index (χ1v) is 8.82. The number of azide groups is 1. The molecule has 0 aromatic carbocycles. The third-order valence-electron chi connectivity index (χ3n) is 2.99. The summed E-state index contributed by atoms with van der Waals surface area (Å²) in [6, 6.07) is 0. The van der Waals surface area contributed by atoms with Gasteiger partial charge in [0.05, 0.1) is 33.0 Å². The van der Waals surface area contributed by atoms with Crippen molar-refractivity contribution in [3.05, 3.63) is 10.4 Å². The molecule has 0 unspecified atom stereocenters. The lowest BCUT2D eigenvalue weighted by Crippen LogP contribution is -2.42. The first kappa shape index (κ1) is 24.5. The Bertz CT molecular complexity index is 459. The molecule has 0 aromatic rings. The van der Waals surface area contributed by atoms with Gasteiger partial charge in [0, 0.05) is 11.5 Å². The fourth-order valence-corrected chi connectivity index (χ4v) is 1.63. The summed E-state index contributed by atoms with van der Waals surface area (Å²) in [6.07, 6.45) is -0.504. The molecule has 1 atom stereocenters. The van der Waals surface area contributed by atoms with E-state index in [0.29, 0.717) is 51.6 Å². The topological polar surface area (TPSA) is 158 Å². The molecule has 1 aliphatic rings. The molecule has 14 nitrogen and oxygen atoms in total. The molecular weight excluding hydrogens is 380 g/mol. The molecule has 1 heterocycles. The molecule has 0 spiro atoms. The molecule has 1 rings (SSSR count). The van der Waals surface area contributed by atoms with Crippen LogP contribution in [0.2, 0.25) is 0 Å². The number of hydrogen-bond acceptors (Lipinski definition) is 12. The van der Waals surface area contributed by atoms with E-state index in [-0.39, 0.29) is 19.1 Å². The summed E-state index contributed by atoms with van der Waals surface area (Å²) in [4.78, 5) is 39.2. The minimum atomic E-state index is -0.639. The summed E-state index contributed by atoms with van der Waals surface area (Å²) in [5.41, 5.74) is 13.3. The zero-order valence-corrected chi connectivity index (χ0v) is 16.1. The molecule has 162 valence electrons. The van der Waals surface area contributed by atoms with Gasteiger partial charge in [0.15, 0.2) is 6.23 Å². The van der Waals surface area contributed by atoms with Crippen molar-refractivity contribution in [2.45, 2.75) is 20.1 Å². The highest BCUT2D eigenvalue weighted by molar-refractivity contribution is 5.70. The molecule has 0 saturated carbocycles. The lowest BCUT2D eigenvalue weighted by atomic mass is 10.2. The van der Waals surface area contributed by atoms with Crippen LogP contribution in [-0.2, 0) is 38.5 Å². The van der Waals surface area contributed by atoms with Gasteiger partial charge in [0.1, 0.15) is 25.1 Å². The van der Waals surface area contributed by atoms with Gasteiger partial charge in [0.2, 0.25) is 0 Å². The van der Waals surface area contributed by atoms with E-state index in [1.807, 2.05) is 13.8 Å². The van der Waals surface area contributed by atoms with Crippen molar-refractivity contribution in [2.24, 2.45) is 11.0 Å². The van der Waals surface area contributed by atoms with E-state index < -0.39 is 12.2 Å². The third kappa shape index (κ3) is 12.7. The lowest BCUT2D eigenvalue weighted by molar-refractivity contribution is -0.460. The third-order valence-corrected chi connectivity index (χ3v) is 2.99. The Morgan fingerprint density at radius 1 is 1.18 bits per heavy atom. The van der Waals surface area contributed by atoms with Crippen molar-refractivity contribution >= 4 is 5.97 Å². The highest BCUT2D eigenvalue weighted by Crippen LogP contribution is 2.03. The maximum absolute atomic E-state index is 11.5. The Morgan fingerprint density at radius 3 is 2.54 bits per heavy atom. The van der Waals surface area contributed by atoms with Gasteiger partial charge in [-0.1, -0.05) is 19.0 Å². The van der Waals surface area contributed by atoms with Crippen molar-refractivity contribution in [2.75, 3.05) is 59.3 Å². The summed E-state index contributed by atoms with van der Waals surface area (Å²) in [5, 5.41) is 4.01. The smallest absolute Gasteiger partial charge is 0.346 e. The largest absolute Gasteiger partial charge is 0.379 e. The average Bonchev–Trinajstić information content (AvgIpc) is 3.17. The lowest BCUT2D eigenvalue weighted by Gasteiger charge is -2.22. The zero-order chi connectivity index (χ0) is 20.5. The fourth-order valence-electron chi connectivity index (χ4n) is 1.63. The van der Waals surface area contributed by atoms with E-state index in [1.54, 1.807) is 0 Å². The van der Waals surface area contributed by atoms with Crippen molar-refractivity contribution in [3.8, 4) is 0 Å². The Hall–Kier alpha value is -1.58. The van der Waals surface area contributed by atoms with Gasteiger partial charge in [-0.25, -0.2) is 14.5 Å². The summed E-state index contributed by atoms with van der Waals surface area (Å²) in [7, 11) is 0. The van der Waals surface area contributed by atoms with Gasteiger partial charge in [0.25, 0.3) is 0 Å². The predicted octanol–water partition coefficient (Wildman–Crippen LogP) is -0.00860. The number of carbonyl (C=O) groups excluding carboxylic acids is 1. The summed E-state index contributed by atoms with van der Waals surface area (Å²) in [5.74, 6) is -0.584. The Kier molecular flexibility index (Phi) is 14.3. The predicted molar refractivity (Wildman–Crippen MR) is 92.3 cm³/mol. The Labute approximate surface area is 162 Å². The van der Waals surface area contributed by atoms with E-state index in [2.05, 4.69) is 21.0 Å². The van der Waals surface area contributed by atoms with Crippen LogP contribution in [-0.4, -0.2) is 76.9 Å². The molecule has 1 fully saturated rings. The van der Waals surface area contributed by atoms with Crippen LogP contribution in [0.1, 0.15) is 13.8 Å². The standard InChI is InChI=1S/C14H28N6O8/c1-12(2)14(27-17-11-13(21)28-20-25-9-10-26-20)18-24-8-7-23-6-5-22-4-3-16-19-15/h12,14,17-18H,3-11H2,1-2H3/t14-/m0/s1. The molecule has 0 bridgehead atoms. The van der Waals surface area contributed by atoms with E-state index in [1.165, 1.54) is 0 Å². The minimum Gasteiger partial charge on any atom is -0.379 e. The second-order valence-corrected chi connectivity index (χ2v) is 5.60.